The van der Waals surface area contributed by atoms with Crippen LogP contribution in [0.2, 0.25) is 0 Å². The van der Waals surface area contributed by atoms with E-state index >= 15 is 0 Å². The molecule has 0 bridgehead atoms. The number of epoxide rings is 1. The highest BCUT2D eigenvalue weighted by Crippen LogP contribution is 2.16. The summed E-state index contributed by atoms with van der Waals surface area (Å²) in [5, 5.41) is 0. The molecule has 0 spiro atoms. The molecule has 0 aromatic carbocycles. The van der Waals surface area contributed by atoms with Crippen molar-refractivity contribution in [2.45, 2.75) is 18.9 Å². The highest BCUT2D eigenvalue weighted by molar-refractivity contribution is 9.10. The van der Waals surface area contributed by atoms with Gasteiger partial charge in [-0.15, -0.1) is 0 Å². The average molecular weight is 228 g/mol. The molecule has 0 saturated carbocycles. The summed E-state index contributed by atoms with van der Waals surface area (Å²) < 4.78 is 6.15. The van der Waals surface area contributed by atoms with E-state index in [0.29, 0.717) is 6.10 Å². The molecule has 0 N–H and O–H groups in total. The molecule has 64 valence electrons. The summed E-state index contributed by atoms with van der Waals surface area (Å²) in [6.45, 7) is 0.941. The summed E-state index contributed by atoms with van der Waals surface area (Å²) in [6, 6.07) is 4.07. The van der Waals surface area contributed by atoms with Crippen molar-refractivity contribution in [2.75, 3.05) is 6.61 Å². The highest BCUT2D eigenvalue weighted by atomic mass is 79.9. The van der Waals surface area contributed by atoms with Crippen LogP contribution in [0.1, 0.15) is 12.1 Å². The molecule has 2 rings (SSSR count). The van der Waals surface area contributed by atoms with E-state index in [1.165, 1.54) is 0 Å². The second-order valence-corrected chi connectivity index (χ2v) is 3.88. The predicted octanol–water partition coefficient (Wildman–Crippen LogP) is 2.18. The van der Waals surface area contributed by atoms with E-state index < -0.39 is 0 Å². The van der Waals surface area contributed by atoms with Gasteiger partial charge in [-0.05, 0) is 40.9 Å². The molecule has 1 aromatic rings. The van der Waals surface area contributed by atoms with E-state index in [4.69, 9.17) is 4.74 Å². The fourth-order valence-electron chi connectivity index (χ4n) is 1.10. The van der Waals surface area contributed by atoms with Crippen molar-refractivity contribution >= 4 is 15.9 Å². The molecule has 1 atom stereocenters. The van der Waals surface area contributed by atoms with Gasteiger partial charge >= 0.3 is 0 Å². The van der Waals surface area contributed by atoms with Crippen LogP contribution in [0.5, 0.6) is 0 Å². The summed E-state index contributed by atoms with van der Waals surface area (Å²) in [4.78, 5) is 4.28. The molecule has 1 aliphatic rings. The van der Waals surface area contributed by atoms with Gasteiger partial charge < -0.3 is 4.74 Å². The Morgan fingerprint density at radius 1 is 1.58 bits per heavy atom. The fourth-order valence-corrected chi connectivity index (χ4v) is 1.33. The highest BCUT2D eigenvalue weighted by Gasteiger charge is 2.21. The Balaban J connectivity index is 1.89. The minimum Gasteiger partial charge on any atom is -0.373 e. The van der Waals surface area contributed by atoms with Gasteiger partial charge in [0.1, 0.15) is 0 Å². The number of ether oxygens (including phenoxy) is 1. The van der Waals surface area contributed by atoms with Gasteiger partial charge in [-0.25, -0.2) is 0 Å². The summed E-state index contributed by atoms with van der Waals surface area (Å²) in [5.74, 6) is 0. The molecule has 2 heterocycles. The molecule has 1 aromatic heterocycles. The molecule has 1 saturated heterocycles. The minimum atomic E-state index is 0.510. The lowest BCUT2D eigenvalue weighted by Gasteiger charge is -1.97. The van der Waals surface area contributed by atoms with E-state index in [-0.39, 0.29) is 0 Å². The molecule has 2 nitrogen and oxygen atoms in total. The zero-order chi connectivity index (χ0) is 8.39. The monoisotopic (exact) mass is 227 g/mol. The summed E-state index contributed by atoms with van der Waals surface area (Å²) in [5.41, 5.74) is 1.15. The van der Waals surface area contributed by atoms with Crippen LogP contribution in [0.3, 0.4) is 0 Å². The Morgan fingerprint density at radius 3 is 3.00 bits per heavy atom. The molecule has 12 heavy (non-hydrogen) atoms. The first-order valence-corrected chi connectivity index (χ1v) is 4.86. The van der Waals surface area contributed by atoms with E-state index in [2.05, 4.69) is 20.9 Å². The van der Waals surface area contributed by atoms with Crippen molar-refractivity contribution in [3.63, 3.8) is 0 Å². The largest absolute Gasteiger partial charge is 0.373 e. The van der Waals surface area contributed by atoms with E-state index in [9.17, 15) is 0 Å². The Morgan fingerprint density at radius 2 is 2.42 bits per heavy atom. The van der Waals surface area contributed by atoms with Gasteiger partial charge in [0.2, 0.25) is 0 Å². The SMILES string of the molecule is Brc1ccc(CCC2CO2)nc1. The van der Waals surface area contributed by atoms with Gasteiger partial charge in [-0.3, -0.25) is 4.98 Å². The predicted molar refractivity (Wildman–Crippen MR) is 50.0 cm³/mol. The number of halogens is 1. The Hall–Kier alpha value is -0.410. The third-order valence-electron chi connectivity index (χ3n) is 1.91. The molecule has 3 heteroatoms. The lowest BCUT2D eigenvalue weighted by molar-refractivity contribution is 0.396. The maximum absolute atomic E-state index is 5.12. The molecular formula is C9H10BrNO. The molecule has 0 radical (unpaired) electrons. The van der Waals surface area contributed by atoms with Crippen molar-refractivity contribution in [2.24, 2.45) is 0 Å². The second kappa shape index (κ2) is 3.54. The van der Waals surface area contributed by atoms with Gasteiger partial charge in [0, 0.05) is 16.4 Å². The number of nitrogens with zero attached hydrogens (tertiary/aromatic N) is 1. The maximum Gasteiger partial charge on any atom is 0.0813 e. The molecular weight excluding hydrogens is 218 g/mol. The van der Waals surface area contributed by atoms with Crippen molar-refractivity contribution in [3.8, 4) is 0 Å². The van der Waals surface area contributed by atoms with Crippen LogP contribution in [-0.2, 0) is 11.2 Å². The van der Waals surface area contributed by atoms with Gasteiger partial charge in [0.15, 0.2) is 0 Å². The molecule has 1 unspecified atom stereocenters. The number of rotatable bonds is 3. The third-order valence-corrected chi connectivity index (χ3v) is 2.38. The number of aryl methyl sites for hydroxylation is 1. The Kier molecular flexibility index (Phi) is 2.42. The van der Waals surface area contributed by atoms with E-state index in [1.807, 2.05) is 18.3 Å². The molecule has 1 aliphatic heterocycles. The fraction of sp³-hybridized carbons (Fsp3) is 0.444. The van der Waals surface area contributed by atoms with Crippen molar-refractivity contribution in [1.29, 1.82) is 0 Å². The van der Waals surface area contributed by atoms with Crippen LogP contribution < -0.4 is 0 Å². The van der Waals surface area contributed by atoms with E-state index in [1.54, 1.807) is 0 Å². The lowest BCUT2D eigenvalue weighted by atomic mass is 10.2. The third kappa shape index (κ3) is 2.29. The first-order chi connectivity index (χ1) is 5.84. The van der Waals surface area contributed by atoms with Crippen LogP contribution in [0.4, 0.5) is 0 Å². The minimum absolute atomic E-state index is 0.510. The molecule has 0 amide bonds. The van der Waals surface area contributed by atoms with Crippen molar-refractivity contribution in [3.05, 3.63) is 28.5 Å². The zero-order valence-electron chi connectivity index (χ0n) is 6.66. The maximum atomic E-state index is 5.12. The van der Waals surface area contributed by atoms with Crippen LogP contribution in [0.25, 0.3) is 0 Å². The summed E-state index contributed by atoms with van der Waals surface area (Å²) in [7, 11) is 0. The number of pyridine rings is 1. The standard InChI is InChI=1S/C9H10BrNO/c10-7-1-2-8(11-5-7)3-4-9-6-12-9/h1-2,5,9H,3-4,6H2. The number of aromatic nitrogens is 1. The summed E-state index contributed by atoms with van der Waals surface area (Å²) >= 11 is 3.35. The Bertz CT molecular complexity index is 256. The van der Waals surface area contributed by atoms with Gasteiger partial charge in [0.25, 0.3) is 0 Å². The van der Waals surface area contributed by atoms with Crippen molar-refractivity contribution in [1.82, 2.24) is 4.98 Å². The van der Waals surface area contributed by atoms with Crippen molar-refractivity contribution < 1.29 is 4.74 Å². The first-order valence-electron chi connectivity index (χ1n) is 4.06. The molecule has 1 fully saturated rings. The van der Waals surface area contributed by atoms with Crippen LogP contribution in [0, 0.1) is 0 Å². The van der Waals surface area contributed by atoms with Crippen LogP contribution >= 0.6 is 15.9 Å². The smallest absolute Gasteiger partial charge is 0.0813 e. The second-order valence-electron chi connectivity index (χ2n) is 2.96. The van der Waals surface area contributed by atoms with Crippen LogP contribution in [-0.4, -0.2) is 17.7 Å². The lowest BCUT2D eigenvalue weighted by Crippen LogP contribution is -1.93. The number of hydrogen-bond acceptors (Lipinski definition) is 2. The quantitative estimate of drug-likeness (QED) is 0.741. The zero-order valence-corrected chi connectivity index (χ0v) is 8.25. The Labute approximate surface area is 80.1 Å². The van der Waals surface area contributed by atoms with Gasteiger partial charge in [-0.1, -0.05) is 0 Å². The molecule has 0 aliphatic carbocycles. The van der Waals surface area contributed by atoms with Gasteiger partial charge in [-0.2, -0.15) is 0 Å². The first kappa shape index (κ1) is 8.20. The van der Waals surface area contributed by atoms with Crippen LogP contribution in [0.15, 0.2) is 22.8 Å². The normalized spacial score (nSPS) is 20.9. The van der Waals surface area contributed by atoms with Gasteiger partial charge in [0.05, 0.1) is 12.7 Å². The summed E-state index contributed by atoms with van der Waals surface area (Å²) in [6.07, 6.45) is 4.48. The topological polar surface area (TPSA) is 25.4 Å². The van der Waals surface area contributed by atoms with E-state index in [0.717, 1.165) is 29.6 Å². The number of hydrogen-bond donors (Lipinski definition) is 0. The average Bonchev–Trinajstić information content (AvgIpc) is 2.87.